The average Bonchev–Trinajstić information content (AvgIpc) is 2.80. The SMILES string of the molecule is COc1cc(NC(C)CCCNC(=O)/C=C/c2cccc(C(F)(F)F)c2)c2ncccc2c1. The molecule has 0 radical (unpaired) electrons. The fourth-order valence-corrected chi connectivity index (χ4v) is 3.40. The first-order chi connectivity index (χ1) is 15.8. The number of ether oxygens (including phenoxy) is 1. The molecule has 1 atom stereocenters. The van der Waals surface area contributed by atoms with E-state index in [1.807, 2.05) is 31.2 Å². The molecule has 5 nitrogen and oxygen atoms in total. The zero-order valence-electron chi connectivity index (χ0n) is 18.4. The molecule has 1 aromatic heterocycles. The zero-order chi connectivity index (χ0) is 23.8. The Morgan fingerprint density at radius 3 is 2.76 bits per heavy atom. The van der Waals surface area contributed by atoms with Gasteiger partial charge in [0.25, 0.3) is 0 Å². The van der Waals surface area contributed by atoms with Crippen LogP contribution in [0.15, 0.2) is 60.8 Å². The number of nitrogens with zero attached hydrogens (tertiary/aromatic N) is 1. The van der Waals surface area contributed by atoms with Crippen LogP contribution in [0.3, 0.4) is 0 Å². The van der Waals surface area contributed by atoms with Crippen molar-refractivity contribution < 1.29 is 22.7 Å². The van der Waals surface area contributed by atoms with E-state index in [-0.39, 0.29) is 11.9 Å². The molecule has 0 aliphatic heterocycles. The Morgan fingerprint density at radius 2 is 2.00 bits per heavy atom. The Labute approximate surface area is 190 Å². The van der Waals surface area contributed by atoms with Crippen LogP contribution >= 0.6 is 0 Å². The molecule has 0 saturated carbocycles. The zero-order valence-corrected chi connectivity index (χ0v) is 18.4. The number of methoxy groups -OCH3 is 1. The fraction of sp³-hybridized carbons (Fsp3) is 0.280. The van der Waals surface area contributed by atoms with E-state index in [0.717, 1.165) is 47.3 Å². The van der Waals surface area contributed by atoms with Gasteiger partial charge in [0.05, 0.1) is 23.9 Å². The summed E-state index contributed by atoms with van der Waals surface area (Å²) < 4.78 is 43.7. The van der Waals surface area contributed by atoms with Crippen LogP contribution in [0.25, 0.3) is 17.0 Å². The van der Waals surface area contributed by atoms with Gasteiger partial charge in [-0.15, -0.1) is 0 Å². The Bertz CT molecular complexity index is 1130. The number of carbonyl (C=O) groups is 1. The van der Waals surface area contributed by atoms with Gasteiger partial charge in [-0.1, -0.05) is 18.2 Å². The van der Waals surface area contributed by atoms with E-state index >= 15 is 0 Å². The first-order valence-corrected chi connectivity index (χ1v) is 10.6. The summed E-state index contributed by atoms with van der Waals surface area (Å²) in [6.07, 6.45) is 1.47. The molecule has 8 heteroatoms. The van der Waals surface area contributed by atoms with E-state index in [4.69, 9.17) is 4.74 Å². The van der Waals surface area contributed by atoms with Crippen LogP contribution < -0.4 is 15.4 Å². The third-order valence-electron chi connectivity index (χ3n) is 5.07. The van der Waals surface area contributed by atoms with Crippen molar-refractivity contribution in [3.05, 3.63) is 71.9 Å². The number of benzene rings is 2. The number of aromatic nitrogens is 1. The smallest absolute Gasteiger partial charge is 0.416 e. The highest BCUT2D eigenvalue weighted by molar-refractivity contribution is 5.92. The van der Waals surface area contributed by atoms with Crippen molar-refractivity contribution in [1.82, 2.24) is 10.3 Å². The molecular weight excluding hydrogens is 431 g/mol. The molecule has 1 amide bonds. The predicted molar refractivity (Wildman–Crippen MR) is 124 cm³/mol. The van der Waals surface area contributed by atoms with Crippen molar-refractivity contribution in [2.75, 3.05) is 19.0 Å². The first-order valence-electron chi connectivity index (χ1n) is 10.6. The van der Waals surface area contributed by atoms with Crippen LogP contribution in [-0.2, 0) is 11.0 Å². The number of rotatable bonds is 9. The van der Waals surface area contributed by atoms with Gasteiger partial charge < -0.3 is 15.4 Å². The van der Waals surface area contributed by atoms with Gasteiger partial charge in [-0.2, -0.15) is 13.2 Å². The van der Waals surface area contributed by atoms with Crippen LogP contribution in [0, 0.1) is 0 Å². The van der Waals surface area contributed by atoms with Gasteiger partial charge in [0, 0.05) is 36.3 Å². The second-order valence-corrected chi connectivity index (χ2v) is 7.69. The van der Waals surface area contributed by atoms with Gasteiger partial charge in [0.2, 0.25) is 5.91 Å². The number of halogens is 3. The normalized spacial score (nSPS) is 12.6. The van der Waals surface area contributed by atoms with Crippen molar-refractivity contribution >= 4 is 28.6 Å². The Balaban J connectivity index is 1.47. The topological polar surface area (TPSA) is 63.2 Å². The summed E-state index contributed by atoms with van der Waals surface area (Å²) >= 11 is 0. The van der Waals surface area contributed by atoms with Gasteiger partial charge in [0.1, 0.15) is 5.75 Å². The number of alkyl halides is 3. The summed E-state index contributed by atoms with van der Waals surface area (Å²) in [7, 11) is 1.62. The standard InChI is InChI=1S/C25H26F3N3O2/c1-17(31-22-16-21(33-2)15-19-8-5-13-30-24(19)22)6-4-12-29-23(32)11-10-18-7-3-9-20(14-18)25(26,27)28/h3,5,7-11,13-17,31H,4,6,12H2,1-2H3,(H,29,32)/b11-10+. The summed E-state index contributed by atoms with van der Waals surface area (Å²) in [6, 6.07) is 12.7. The lowest BCUT2D eigenvalue weighted by molar-refractivity contribution is -0.137. The summed E-state index contributed by atoms with van der Waals surface area (Å²) in [4.78, 5) is 16.4. The van der Waals surface area contributed by atoms with Gasteiger partial charge in [-0.3, -0.25) is 9.78 Å². The molecule has 0 fully saturated rings. The Hall–Kier alpha value is -3.55. The molecule has 0 aliphatic carbocycles. The Morgan fingerprint density at radius 1 is 1.18 bits per heavy atom. The van der Waals surface area contributed by atoms with Gasteiger partial charge in [0.15, 0.2) is 0 Å². The van der Waals surface area contributed by atoms with E-state index in [1.165, 1.54) is 24.3 Å². The van der Waals surface area contributed by atoms with Crippen LogP contribution in [-0.4, -0.2) is 30.6 Å². The van der Waals surface area contributed by atoms with Crippen LogP contribution in [0.2, 0.25) is 0 Å². The molecule has 33 heavy (non-hydrogen) atoms. The fourth-order valence-electron chi connectivity index (χ4n) is 3.40. The Kier molecular flexibility index (Phi) is 7.92. The molecule has 0 saturated heterocycles. The highest BCUT2D eigenvalue weighted by atomic mass is 19.4. The number of hydrogen-bond acceptors (Lipinski definition) is 4. The van der Waals surface area contributed by atoms with Crippen molar-refractivity contribution in [3.8, 4) is 5.75 Å². The second-order valence-electron chi connectivity index (χ2n) is 7.69. The predicted octanol–water partition coefficient (Wildman–Crippen LogP) is 5.67. The number of amides is 1. The maximum atomic E-state index is 12.8. The lowest BCUT2D eigenvalue weighted by Crippen LogP contribution is -2.24. The van der Waals surface area contributed by atoms with Gasteiger partial charge in [-0.25, -0.2) is 0 Å². The van der Waals surface area contributed by atoms with Crippen LogP contribution in [0.1, 0.15) is 30.9 Å². The number of carbonyl (C=O) groups excluding carboxylic acids is 1. The summed E-state index contributed by atoms with van der Waals surface area (Å²) in [5, 5.41) is 7.19. The molecule has 1 unspecified atom stereocenters. The number of fused-ring (bicyclic) bond motifs is 1. The third-order valence-corrected chi connectivity index (χ3v) is 5.07. The minimum atomic E-state index is -4.41. The van der Waals surface area contributed by atoms with Crippen LogP contribution in [0.4, 0.5) is 18.9 Å². The first kappa shape index (κ1) is 24.1. The van der Waals surface area contributed by atoms with Gasteiger partial charge in [-0.05, 0) is 55.7 Å². The maximum Gasteiger partial charge on any atom is 0.416 e. The van der Waals surface area contributed by atoms with Gasteiger partial charge >= 0.3 is 6.18 Å². The lowest BCUT2D eigenvalue weighted by Gasteiger charge is -2.17. The molecule has 2 aromatic carbocycles. The van der Waals surface area contributed by atoms with Crippen molar-refractivity contribution in [2.24, 2.45) is 0 Å². The van der Waals surface area contributed by atoms with Crippen LogP contribution in [0.5, 0.6) is 5.75 Å². The molecule has 2 N–H and O–H groups in total. The van der Waals surface area contributed by atoms with E-state index < -0.39 is 11.7 Å². The average molecular weight is 457 g/mol. The summed E-state index contributed by atoms with van der Waals surface area (Å²) in [5.74, 6) is 0.390. The van der Waals surface area contributed by atoms with Crippen molar-refractivity contribution in [1.29, 1.82) is 0 Å². The van der Waals surface area contributed by atoms with E-state index in [1.54, 1.807) is 13.3 Å². The third kappa shape index (κ3) is 6.97. The van der Waals surface area contributed by atoms with Crippen molar-refractivity contribution in [3.63, 3.8) is 0 Å². The molecule has 174 valence electrons. The number of pyridine rings is 1. The minimum absolute atomic E-state index is 0.125. The molecule has 0 bridgehead atoms. The largest absolute Gasteiger partial charge is 0.497 e. The molecule has 1 heterocycles. The number of hydrogen-bond donors (Lipinski definition) is 2. The number of nitrogens with one attached hydrogen (secondary N) is 2. The van der Waals surface area contributed by atoms with E-state index in [0.29, 0.717) is 12.1 Å². The minimum Gasteiger partial charge on any atom is -0.497 e. The maximum absolute atomic E-state index is 12.8. The summed E-state index contributed by atoms with van der Waals surface area (Å²) in [5.41, 5.74) is 1.31. The second kappa shape index (κ2) is 10.8. The van der Waals surface area contributed by atoms with Crippen molar-refractivity contribution in [2.45, 2.75) is 32.0 Å². The highest BCUT2D eigenvalue weighted by Crippen LogP contribution is 2.30. The highest BCUT2D eigenvalue weighted by Gasteiger charge is 2.30. The van der Waals surface area contributed by atoms with E-state index in [9.17, 15) is 18.0 Å². The molecular formula is C25H26F3N3O2. The van der Waals surface area contributed by atoms with E-state index in [2.05, 4.69) is 15.6 Å². The number of anilines is 1. The quantitative estimate of drug-likeness (QED) is 0.321. The molecule has 3 aromatic rings. The lowest BCUT2D eigenvalue weighted by atomic mass is 10.1. The molecule has 0 aliphatic rings. The molecule has 3 rings (SSSR count). The monoisotopic (exact) mass is 457 g/mol. The molecule has 0 spiro atoms. The summed E-state index contributed by atoms with van der Waals surface area (Å²) in [6.45, 7) is 2.50.